The second-order valence-electron chi connectivity index (χ2n) is 7.09. The summed E-state index contributed by atoms with van der Waals surface area (Å²) < 4.78 is 19.2. The Morgan fingerprint density at radius 1 is 1.03 bits per heavy atom. The zero-order chi connectivity index (χ0) is 22.5. The van der Waals surface area contributed by atoms with E-state index >= 15 is 0 Å². The summed E-state index contributed by atoms with van der Waals surface area (Å²) >= 11 is 0. The van der Waals surface area contributed by atoms with Crippen molar-refractivity contribution in [2.24, 2.45) is 0 Å². The minimum atomic E-state index is -0.492. The third-order valence-corrected chi connectivity index (χ3v) is 5.02. The summed E-state index contributed by atoms with van der Waals surface area (Å²) in [6, 6.07) is 25.6. The van der Waals surface area contributed by atoms with Gasteiger partial charge in [0.2, 0.25) is 0 Å². The van der Waals surface area contributed by atoms with Crippen LogP contribution >= 0.6 is 0 Å². The van der Waals surface area contributed by atoms with E-state index in [0.717, 1.165) is 16.3 Å². The maximum absolute atomic E-state index is 13.2. The van der Waals surface area contributed by atoms with Crippen LogP contribution in [0, 0.1) is 27.3 Å². The monoisotopic (exact) mass is 424 g/mol. The van der Waals surface area contributed by atoms with Gasteiger partial charge in [0, 0.05) is 17.7 Å². The Kier molecular flexibility index (Phi) is 5.91. The van der Waals surface area contributed by atoms with Gasteiger partial charge in [0.25, 0.3) is 5.69 Å². The number of halogens is 1. The van der Waals surface area contributed by atoms with Gasteiger partial charge >= 0.3 is 0 Å². The predicted octanol–water partition coefficient (Wildman–Crippen LogP) is 6.53. The fraction of sp³-hybridized carbons (Fsp3) is 0.0385. The number of non-ortho nitro benzene ring substituents is 1. The van der Waals surface area contributed by atoms with Gasteiger partial charge in [-0.2, -0.15) is 5.26 Å². The number of hydrogen-bond donors (Lipinski definition) is 0. The molecule has 0 fully saturated rings. The van der Waals surface area contributed by atoms with Crippen molar-refractivity contribution in [1.82, 2.24) is 0 Å². The average molecular weight is 424 g/mol. The number of nitrogens with zero attached hydrogens (tertiary/aromatic N) is 2. The first kappa shape index (κ1) is 20.8. The van der Waals surface area contributed by atoms with Crippen molar-refractivity contribution in [3.8, 4) is 11.8 Å². The van der Waals surface area contributed by atoms with Gasteiger partial charge in [-0.3, -0.25) is 10.1 Å². The molecule has 0 aliphatic rings. The minimum Gasteiger partial charge on any atom is -0.488 e. The minimum absolute atomic E-state index is 0.0886. The van der Waals surface area contributed by atoms with Crippen LogP contribution in [0.5, 0.6) is 5.75 Å². The highest BCUT2D eigenvalue weighted by Crippen LogP contribution is 2.33. The Morgan fingerprint density at radius 3 is 2.56 bits per heavy atom. The molecule has 0 unspecified atom stereocenters. The summed E-state index contributed by atoms with van der Waals surface area (Å²) in [5.74, 6) is 0.227. The first-order valence-electron chi connectivity index (χ1n) is 9.81. The number of benzene rings is 4. The van der Waals surface area contributed by atoms with Crippen molar-refractivity contribution < 1.29 is 14.1 Å². The van der Waals surface area contributed by atoms with Crippen LogP contribution in [0.3, 0.4) is 0 Å². The van der Waals surface area contributed by atoms with Crippen LogP contribution in [0.15, 0.2) is 84.9 Å². The zero-order valence-electron chi connectivity index (χ0n) is 16.9. The fourth-order valence-electron chi connectivity index (χ4n) is 3.40. The number of nitriles is 1. The van der Waals surface area contributed by atoms with Crippen LogP contribution in [0.4, 0.5) is 10.1 Å². The van der Waals surface area contributed by atoms with E-state index in [0.29, 0.717) is 16.9 Å². The number of allylic oxidation sites excluding steroid dienone is 1. The van der Waals surface area contributed by atoms with Crippen LogP contribution in [-0.4, -0.2) is 4.92 Å². The van der Waals surface area contributed by atoms with Gasteiger partial charge < -0.3 is 4.74 Å². The van der Waals surface area contributed by atoms with Crippen LogP contribution in [0.2, 0.25) is 0 Å². The summed E-state index contributed by atoms with van der Waals surface area (Å²) in [5.41, 5.74) is 2.12. The van der Waals surface area contributed by atoms with Gasteiger partial charge in [-0.15, -0.1) is 0 Å². The second-order valence-corrected chi connectivity index (χ2v) is 7.09. The molecule has 5 nitrogen and oxygen atoms in total. The first-order valence-corrected chi connectivity index (χ1v) is 9.81. The first-order chi connectivity index (χ1) is 15.5. The maximum atomic E-state index is 13.2. The predicted molar refractivity (Wildman–Crippen MR) is 121 cm³/mol. The number of ether oxygens (including phenoxy) is 1. The summed E-state index contributed by atoms with van der Waals surface area (Å²) in [4.78, 5) is 10.7. The molecule has 0 saturated heterocycles. The lowest BCUT2D eigenvalue weighted by atomic mass is 9.98. The molecule has 0 aromatic heterocycles. The molecule has 0 aliphatic heterocycles. The molecule has 0 bridgehead atoms. The van der Waals surface area contributed by atoms with Crippen molar-refractivity contribution in [3.05, 3.63) is 118 Å². The van der Waals surface area contributed by atoms with E-state index in [1.165, 1.54) is 24.3 Å². The van der Waals surface area contributed by atoms with E-state index in [1.807, 2.05) is 36.4 Å². The third-order valence-electron chi connectivity index (χ3n) is 5.02. The van der Waals surface area contributed by atoms with Crippen molar-refractivity contribution >= 4 is 28.1 Å². The van der Waals surface area contributed by atoms with Crippen molar-refractivity contribution in [2.75, 3.05) is 0 Å². The molecule has 32 heavy (non-hydrogen) atoms. The second kappa shape index (κ2) is 9.11. The molecule has 4 aromatic rings. The highest BCUT2D eigenvalue weighted by Gasteiger charge is 2.13. The van der Waals surface area contributed by atoms with E-state index in [4.69, 9.17) is 4.74 Å². The van der Waals surface area contributed by atoms with Crippen molar-refractivity contribution in [3.63, 3.8) is 0 Å². The van der Waals surface area contributed by atoms with E-state index in [2.05, 4.69) is 6.07 Å². The molecule has 0 saturated carbocycles. The van der Waals surface area contributed by atoms with Gasteiger partial charge in [-0.25, -0.2) is 4.39 Å². The fourth-order valence-corrected chi connectivity index (χ4v) is 3.40. The van der Waals surface area contributed by atoms with E-state index < -0.39 is 4.92 Å². The van der Waals surface area contributed by atoms with Gasteiger partial charge in [-0.05, 0) is 46.2 Å². The molecule has 0 atom stereocenters. The number of nitro groups is 1. The highest BCUT2D eigenvalue weighted by molar-refractivity contribution is 6.00. The Morgan fingerprint density at radius 2 is 1.81 bits per heavy atom. The number of nitro benzene ring substituents is 1. The van der Waals surface area contributed by atoms with Crippen LogP contribution in [0.1, 0.15) is 16.7 Å². The lowest BCUT2D eigenvalue weighted by Gasteiger charge is -2.13. The molecule has 0 N–H and O–H groups in total. The van der Waals surface area contributed by atoms with Gasteiger partial charge in [0.15, 0.2) is 0 Å². The third kappa shape index (κ3) is 4.47. The largest absolute Gasteiger partial charge is 0.488 e. The molecular formula is C26H17FN2O3. The average Bonchev–Trinajstić information content (AvgIpc) is 2.82. The molecule has 156 valence electrons. The molecule has 4 aromatic carbocycles. The van der Waals surface area contributed by atoms with E-state index in [9.17, 15) is 19.8 Å². The van der Waals surface area contributed by atoms with Crippen LogP contribution in [-0.2, 0) is 6.61 Å². The SMILES string of the molecule is N#CC(=Cc1c(OCc2ccc(F)cc2)ccc2ccccc12)c1cccc([N+](=O)[O-])c1. The molecule has 6 heteroatoms. The standard InChI is InChI=1S/C26H17FN2O3/c27-22-11-8-18(9-12-22)17-32-26-13-10-19-4-1-2-7-24(19)25(26)15-21(16-28)20-5-3-6-23(14-20)29(30)31/h1-15H,17H2. The molecule has 0 spiro atoms. The zero-order valence-corrected chi connectivity index (χ0v) is 16.9. The molecule has 0 amide bonds. The Bertz CT molecular complexity index is 1370. The Balaban J connectivity index is 1.79. The number of fused-ring (bicyclic) bond motifs is 1. The molecule has 0 radical (unpaired) electrons. The van der Waals surface area contributed by atoms with E-state index in [1.54, 1.807) is 30.3 Å². The summed E-state index contributed by atoms with van der Waals surface area (Å²) in [7, 11) is 0. The molecule has 4 rings (SSSR count). The Labute approximate surface area is 183 Å². The smallest absolute Gasteiger partial charge is 0.270 e. The topological polar surface area (TPSA) is 76.2 Å². The summed E-state index contributed by atoms with van der Waals surface area (Å²) in [6.45, 7) is 0.220. The molecule has 0 heterocycles. The van der Waals surface area contributed by atoms with Gasteiger partial charge in [0.1, 0.15) is 18.2 Å². The number of hydrogen-bond acceptors (Lipinski definition) is 4. The Hall–Kier alpha value is -4.50. The van der Waals surface area contributed by atoms with Crippen molar-refractivity contribution in [1.29, 1.82) is 5.26 Å². The maximum Gasteiger partial charge on any atom is 0.270 e. The molecular weight excluding hydrogens is 407 g/mol. The van der Waals surface area contributed by atoms with Gasteiger partial charge in [-0.1, -0.05) is 54.6 Å². The summed E-state index contributed by atoms with van der Waals surface area (Å²) in [6.07, 6.45) is 1.68. The van der Waals surface area contributed by atoms with Crippen LogP contribution in [0.25, 0.3) is 22.4 Å². The highest BCUT2D eigenvalue weighted by atomic mass is 19.1. The summed E-state index contributed by atoms with van der Waals surface area (Å²) in [5, 5.41) is 22.8. The van der Waals surface area contributed by atoms with Gasteiger partial charge in [0.05, 0.1) is 16.6 Å². The van der Waals surface area contributed by atoms with Crippen molar-refractivity contribution in [2.45, 2.75) is 6.61 Å². The van der Waals surface area contributed by atoms with Crippen LogP contribution < -0.4 is 4.74 Å². The number of rotatable bonds is 6. The lowest BCUT2D eigenvalue weighted by Crippen LogP contribution is -1.98. The molecule has 0 aliphatic carbocycles. The normalized spacial score (nSPS) is 11.2. The lowest BCUT2D eigenvalue weighted by molar-refractivity contribution is -0.384. The quantitative estimate of drug-likeness (QED) is 0.153. The van der Waals surface area contributed by atoms with E-state index in [-0.39, 0.29) is 23.7 Å².